The largest absolute Gasteiger partial charge is 0.309 e. The summed E-state index contributed by atoms with van der Waals surface area (Å²) in [5.41, 5.74) is 0.876. The van der Waals surface area contributed by atoms with E-state index in [2.05, 4.69) is 84.2 Å². The van der Waals surface area contributed by atoms with Gasteiger partial charge < -0.3 is 4.90 Å². The van der Waals surface area contributed by atoms with Crippen LogP contribution in [0.25, 0.3) is 0 Å². The Bertz CT molecular complexity index is 773. The fourth-order valence-corrected chi connectivity index (χ4v) is 6.56. The molecule has 0 spiro atoms. The van der Waals surface area contributed by atoms with Crippen LogP contribution in [0.4, 0.5) is 0 Å². The zero-order valence-corrected chi connectivity index (χ0v) is 32.7. The zero-order chi connectivity index (χ0) is 34.4. The van der Waals surface area contributed by atoms with Crippen molar-refractivity contribution in [2.24, 2.45) is 16.7 Å². The van der Waals surface area contributed by atoms with E-state index in [1.165, 1.54) is 128 Å². The van der Waals surface area contributed by atoms with Crippen LogP contribution >= 0.6 is 0 Å². The minimum atomic E-state index is 0.438. The molecule has 2 nitrogen and oxygen atoms in total. The Balaban J connectivity index is 4.42. The highest BCUT2D eigenvalue weighted by Crippen LogP contribution is 2.32. The van der Waals surface area contributed by atoms with Crippen molar-refractivity contribution in [3.05, 3.63) is 0 Å². The molecule has 0 unspecified atom stereocenters. The van der Waals surface area contributed by atoms with Crippen molar-refractivity contribution in [1.29, 1.82) is 0 Å². The lowest BCUT2D eigenvalue weighted by molar-refractivity contribution is -0.120. The number of Topliss-reactive ketones (excluding diaryl/α,β-unsaturated/α-hetero) is 1. The minimum absolute atomic E-state index is 0.438. The fourth-order valence-electron chi connectivity index (χ4n) is 6.56. The van der Waals surface area contributed by atoms with Gasteiger partial charge in [-0.05, 0) is 95.2 Å². The minimum Gasteiger partial charge on any atom is -0.309 e. The first-order chi connectivity index (χ1) is 22.0. The summed E-state index contributed by atoms with van der Waals surface area (Å²) in [6.45, 7) is 15.3. The number of ketones is 1. The van der Waals surface area contributed by atoms with Gasteiger partial charge in [0.1, 0.15) is 5.78 Å². The Morgan fingerprint density at radius 1 is 0.543 bits per heavy atom. The van der Waals surface area contributed by atoms with Gasteiger partial charge in [-0.3, -0.25) is 4.79 Å². The van der Waals surface area contributed by atoms with Crippen LogP contribution in [0.2, 0.25) is 0 Å². The van der Waals surface area contributed by atoms with Gasteiger partial charge in [-0.15, -0.1) is 23.7 Å². The molecule has 0 fully saturated rings. The Labute approximate surface area is 290 Å². The van der Waals surface area contributed by atoms with E-state index in [0.717, 1.165) is 51.5 Å². The number of carbonyl (C=O) groups is 1. The molecule has 0 saturated heterocycles. The van der Waals surface area contributed by atoms with Crippen LogP contribution in [0.3, 0.4) is 0 Å². The maximum atomic E-state index is 12.9. The maximum absolute atomic E-state index is 12.9. The second-order valence-corrected chi connectivity index (χ2v) is 16.4. The molecule has 0 bridgehead atoms. The monoisotopic (exact) mass is 640 g/mol. The summed E-state index contributed by atoms with van der Waals surface area (Å²) in [6, 6.07) is 0. The molecular weight excluding hydrogens is 558 g/mol. The van der Waals surface area contributed by atoms with E-state index in [9.17, 15) is 4.79 Å². The maximum Gasteiger partial charge on any atom is 0.133 e. The number of hydrogen-bond donors (Lipinski definition) is 0. The molecule has 0 heterocycles. The van der Waals surface area contributed by atoms with Crippen LogP contribution in [-0.4, -0.2) is 31.3 Å². The van der Waals surface area contributed by atoms with E-state index in [0.29, 0.717) is 22.5 Å². The number of hydrogen-bond acceptors (Lipinski definition) is 2. The van der Waals surface area contributed by atoms with Gasteiger partial charge in [0.15, 0.2) is 0 Å². The van der Waals surface area contributed by atoms with Crippen molar-refractivity contribution in [3.63, 3.8) is 0 Å². The van der Waals surface area contributed by atoms with Crippen LogP contribution in [0.5, 0.6) is 0 Å². The van der Waals surface area contributed by atoms with Crippen LogP contribution in [0, 0.1) is 40.4 Å². The molecule has 0 saturated carbocycles. The lowest BCUT2D eigenvalue weighted by Gasteiger charge is -2.25. The second-order valence-electron chi connectivity index (χ2n) is 16.4. The molecule has 0 N–H and O–H groups in total. The molecule has 0 rings (SSSR count). The third-order valence-corrected chi connectivity index (χ3v) is 9.88. The Morgan fingerprint density at radius 3 is 1.33 bits per heavy atom. The third-order valence-electron chi connectivity index (χ3n) is 9.88. The number of unbranched alkanes of at least 4 members (excludes halogenated alkanes) is 12. The molecule has 0 aliphatic rings. The molecule has 0 aromatic rings. The number of nitrogens with zero attached hydrogens (tertiary/aromatic N) is 1. The first kappa shape index (κ1) is 44.8. The molecule has 0 aliphatic heterocycles. The molecular formula is C44H81NO. The van der Waals surface area contributed by atoms with Gasteiger partial charge in [-0.2, -0.15) is 0 Å². The summed E-state index contributed by atoms with van der Waals surface area (Å²) in [5.74, 6) is 14.5. The summed E-state index contributed by atoms with van der Waals surface area (Å²) in [5, 5.41) is 0. The van der Waals surface area contributed by atoms with Crippen LogP contribution < -0.4 is 0 Å². The van der Waals surface area contributed by atoms with Gasteiger partial charge in [-0.1, -0.05) is 119 Å². The van der Waals surface area contributed by atoms with Gasteiger partial charge in [0.25, 0.3) is 0 Å². The van der Waals surface area contributed by atoms with Gasteiger partial charge >= 0.3 is 0 Å². The first-order valence-corrected chi connectivity index (χ1v) is 20.1. The predicted molar refractivity (Wildman–Crippen MR) is 206 cm³/mol. The van der Waals surface area contributed by atoms with Crippen LogP contribution in [-0.2, 0) is 4.79 Å². The Hall–Kier alpha value is -1.25. The number of rotatable bonds is 30. The highest BCUT2D eigenvalue weighted by Gasteiger charge is 2.19. The smallest absolute Gasteiger partial charge is 0.133 e. The molecule has 0 atom stereocenters. The molecule has 268 valence electrons. The highest BCUT2D eigenvalue weighted by molar-refractivity contribution is 5.78. The van der Waals surface area contributed by atoms with Gasteiger partial charge in [0, 0.05) is 38.5 Å². The molecule has 0 aromatic carbocycles. The first-order valence-electron chi connectivity index (χ1n) is 20.1. The Morgan fingerprint density at radius 2 is 0.935 bits per heavy atom. The summed E-state index contributed by atoms with van der Waals surface area (Å²) < 4.78 is 0. The van der Waals surface area contributed by atoms with E-state index >= 15 is 0 Å². The molecule has 0 aliphatic carbocycles. The van der Waals surface area contributed by atoms with Crippen LogP contribution in [0.15, 0.2) is 0 Å². The van der Waals surface area contributed by atoms with Gasteiger partial charge in [0.2, 0.25) is 0 Å². The van der Waals surface area contributed by atoms with E-state index < -0.39 is 0 Å². The van der Waals surface area contributed by atoms with E-state index in [1.54, 1.807) is 0 Å². The third kappa shape index (κ3) is 31.4. The van der Waals surface area contributed by atoms with Crippen molar-refractivity contribution in [3.8, 4) is 23.7 Å². The lowest BCUT2D eigenvalue weighted by atomic mass is 9.81. The summed E-state index contributed by atoms with van der Waals surface area (Å²) in [7, 11) is 4.20. The number of carbonyl (C=O) groups excluding carboxylic acids is 1. The topological polar surface area (TPSA) is 20.3 Å². The zero-order valence-electron chi connectivity index (χ0n) is 32.7. The predicted octanol–water partition coefficient (Wildman–Crippen LogP) is 13.4. The van der Waals surface area contributed by atoms with Gasteiger partial charge in [-0.25, -0.2) is 0 Å². The highest BCUT2D eigenvalue weighted by atomic mass is 16.1. The summed E-state index contributed by atoms with van der Waals surface area (Å²) >= 11 is 0. The van der Waals surface area contributed by atoms with Crippen molar-refractivity contribution in [2.45, 2.75) is 215 Å². The molecule has 0 aromatic heterocycles. The SMILES string of the molecule is CCCCC#CCCCCC(C)(C)CCCCCC(CCCCCC(C)(C)CCCCC#CCCCC)CC(=O)CCCN(C)C. The molecule has 46 heavy (non-hydrogen) atoms. The molecule has 0 radical (unpaired) electrons. The summed E-state index contributed by atoms with van der Waals surface area (Å²) in [4.78, 5) is 15.1. The average Bonchev–Trinajstić information content (AvgIpc) is 2.99. The average molecular weight is 640 g/mol. The van der Waals surface area contributed by atoms with Crippen molar-refractivity contribution < 1.29 is 4.79 Å². The molecule has 0 amide bonds. The van der Waals surface area contributed by atoms with Crippen molar-refractivity contribution in [1.82, 2.24) is 4.90 Å². The quantitative estimate of drug-likeness (QED) is 0.0576. The van der Waals surface area contributed by atoms with Crippen molar-refractivity contribution in [2.75, 3.05) is 20.6 Å². The van der Waals surface area contributed by atoms with E-state index in [4.69, 9.17) is 0 Å². The van der Waals surface area contributed by atoms with Crippen LogP contribution in [0.1, 0.15) is 215 Å². The standard InChI is InChI=1S/C44H81NO/c1-9-11-13-15-17-19-21-27-35-43(3,4)37-29-23-25-32-41(40-42(46)34-31-39-45(7)8)33-26-24-30-38-44(5,6)36-28-22-20-18-16-14-12-10-2/h41H,9-14,19-40H2,1-8H3. The second kappa shape index (κ2) is 29.9. The normalized spacial score (nSPS) is 11.9. The Kier molecular flexibility index (Phi) is 29.0. The van der Waals surface area contributed by atoms with Gasteiger partial charge in [0.05, 0.1) is 0 Å². The van der Waals surface area contributed by atoms with Crippen molar-refractivity contribution >= 4 is 5.78 Å². The molecule has 2 heteroatoms. The summed E-state index contributed by atoms with van der Waals surface area (Å²) in [6.07, 6.45) is 32.6. The van der Waals surface area contributed by atoms with E-state index in [1.807, 2.05) is 0 Å². The fraction of sp³-hybridized carbons (Fsp3) is 0.886. The lowest BCUT2D eigenvalue weighted by Crippen LogP contribution is -2.15. The van der Waals surface area contributed by atoms with E-state index in [-0.39, 0.29) is 0 Å².